The highest BCUT2D eigenvalue weighted by atomic mass is 79.9. The van der Waals surface area contributed by atoms with Gasteiger partial charge >= 0.3 is 0 Å². The number of anilines is 1. The van der Waals surface area contributed by atoms with E-state index in [-0.39, 0.29) is 12.5 Å². The van der Waals surface area contributed by atoms with E-state index < -0.39 is 0 Å². The molecule has 1 amide bonds. The molecule has 1 saturated heterocycles. The third-order valence-electron chi connectivity index (χ3n) is 4.19. The van der Waals surface area contributed by atoms with Gasteiger partial charge in [-0.1, -0.05) is 15.9 Å². The van der Waals surface area contributed by atoms with Crippen molar-refractivity contribution >= 4 is 45.2 Å². The van der Waals surface area contributed by atoms with Crippen LogP contribution in [0.3, 0.4) is 0 Å². The lowest BCUT2D eigenvalue weighted by atomic mass is 10.3. The molecular weight excluding hydrogens is 414 g/mol. The first-order valence-electron chi connectivity index (χ1n) is 8.74. The second kappa shape index (κ2) is 10.7. The number of carbonyl (C=O) groups excluding carboxylic acids is 1. The summed E-state index contributed by atoms with van der Waals surface area (Å²) in [5.74, 6) is 1.72. The molecule has 0 spiro atoms. The zero-order valence-electron chi connectivity index (χ0n) is 15.7. The normalized spacial score (nSPS) is 17.3. The predicted molar refractivity (Wildman–Crippen MR) is 115 cm³/mol. The fourth-order valence-electron chi connectivity index (χ4n) is 2.67. The van der Waals surface area contributed by atoms with Gasteiger partial charge < -0.3 is 20.4 Å². The van der Waals surface area contributed by atoms with E-state index in [0.717, 1.165) is 42.2 Å². The van der Waals surface area contributed by atoms with Crippen molar-refractivity contribution in [3.8, 4) is 0 Å². The molecule has 1 atom stereocenters. The van der Waals surface area contributed by atoms with E-state index in [1.807, 2.05) is 0 Å². The van der Waals surface area contributed by atoms with Crippen LogP contribution in [-0.2, 0) is 4.79 Å². The van der Waals surface area contributed by atoms with Gasteiger partial charge in [0.1, 0.15) is 6.54 Å². The summed E-state index contributed by atoms with van der Waals surface area (Å²) < 4.78 is 1.09. The molecule has 6 nitrogen and oxygen atoms in total. The number of carbonyl (C=O) groups is 1. The molecule has 144 valence electrons. The summed E-state index contributed by atoms with van der Waals surface area (Å²) in [5.41, 5.74) is 1.23. The maximum atomic E-state index is 11.8. The molecule has 1 aromatic rings. The number of amides is 1. The van der Waals surface area contributed by atoms with Gasteiger partial charge in [0.25, 0.3) is 0 Å². The van der Waals surface area contributed by atoms with Gasteiger partial charge in [-0.2, -0.15) is 11.8 Å². The van der Waals surface area contributed by atoms with E-state index in [9.17, 15) is 4.79 Å². The molecule has 1 aromatic carbocycles. The van der Waals surface area contributed by atoms with Gasteiger partial charge in [-0.25, -0.2) is 4.99 Å². The Morgan fingerprint density at radius 2 is 2.12 bits per heavy atom. The van der Waals surface area contributed by atoms with Crippen molar-refractivity contribution in [2.24, 2.45) is 4.99 Å². The Kier molecular flexibility index (Phi) is 8.58. The van der Waals surface area contributed by atoms with E-state index >= 15 is 0 Å². The molecule has 1 fully saturated rings. The Bertz CT molecular complexity index is 608. The van der Waals surface area contributed by atoms with Gasteiger partial charge in [0.05, 0.1) is 0 Å². The number of aliphatic imine (C=N–C) groups is 1. The first-order valence-corrected chi connectivity index (χ1v) is 10.9. The van der Waals surface area contributed by atoms with E-state index in [1.54, 1.807) is 30.8 Å². The number of guanidine groups is 1. The van der Waals surface area contributed by atoms with E-state index in [0.29, 0.717) is 6.04 Å². The van der Waals surface area contributed by atoms with Gasteiger partial charge in [-0.3, -0.25) is 4.79 Å². The topological polar surface area (TPSA) is 60.0 Å². The maximum Gasteiger partial charge on any atom is 0.243 e. The average Bonchev–Trinajstić information content (AvgIpc) is 3.08. The Morgan fingerprint density at radius 3 is 2.77 bits per heavy atom. The Hall–Kier alpha value is -1.41. The van der Waals surface area contributed by atoms with Crippen molar-refractivity contribution in [1.82, 2.24) is 15.5 Å². The molecule has 1 unspecified atom stereocenters. The summed E-state index contributed by atoms with van der Waals surface area (Å²) >= 11 is 5.26. The van der Waals surface area contributed by atoms with Crippen LogP contribution in [0.4, 0.5) is 5.69 Å². The molecule has 0 aliphatic carbocycles. The minimum Gasteiger partial charge on any atom is -0.369 e. The van der Waals surface area contributed by atoms with Crippen LogP contribution in [0.1, 0.15) is 6.42 Å². The molecule has 8 heteroatoms. The molecule has 26 heavy (non-hydrogen) atoms. The number of halogens is 1. The van der Waals surface area contributed by atoms with Crippen molar-refractivity contribution in [2.45, 2.75) is 12.5 Å². The maximum absolute atomic E-state index is 11.8. The van der Waals surface area contributed by atoms with Crippen LogP contribution >= 0.6 is 27.7 Å². The van der Waals surface area contributed by atoms with Crippen LogP contribution < -0.4 is 15.5 Å². The van der Waals surface area contributed by atoms with Gasteiger partial charge in [0, 0.05) is 55.7 Å². The molecule has 2 N–H and O–H groups in total. The van der Waals surface area contributed by atoms with Crippen molar-refractivity contribution < 1.29 is 4.79 Å². The molecule has 1 aliphatic heterocycles. The third-order valence-corrected chi connectivity index (χ3v) is 5.33. The SMILES string of the molecule is CSCCNC(=NCC(=O)N(C)C)NC1CCN(c2ccc(Br)cc2)C1. The number of benzene rings is 1. The van der Waals surface area contributed by atoms with Crippen LogP contribution in [0, 0.1) is 0 Å². The monoisotopic (exact) mass is 441 g/mol. The Morgan fingerprint density at radius 1 is 1.38 bits per heavy atom. The number of thioether (sulfide) groups is 1. The number of hydrogen-bond acceptors (Lipinski definition) is 4. The molecule has 0 aromatic heterocycles. The van der Waals surface area contributed by atoms with Crippen LogP contribution in [0.5, 0.6) is 0 Å². The van der Waals surface area contributed by atoms with Crippen molar-refractivity contribution in [3.05, 3.63) is 28.7 Å². The molecular formula is C18H28BrN5OS. The fraction of sp³-hybridized carbons (Fsp3) is 0.556. The molecule has 1 heterocycles. The van der Waals surface area contributed by atoms with Crippen molar-refractivity contribution in [1.29, 1.82) is 0 Å². The summed E-state index contributed by atoms with van der Waals surface area (Å²) in [4.78, 5) is 20.2. The minimum absolute atomic E-state index is 0.00104. The minimum atomic E-state index is -0.00104. The number of nitrogens with one attached hydrogen (secondary N) is 2. The fourth-order valence-corrected chi connectivity index (χ4v) is 3.24. The quantitative estimate of drug-likeness (QED) is 0.385. The Balaban J connectivity index is 1.93. The average molecular weight is 442 g/mol. The first kappa shape index (κ1) is 20.9. The number of nitrogens with zero attached hydrogens (tertiary/aromatic N) is 3. The van der Waals surface area contributed by atoms with Crippen LogP contribution in [-0.4, -0.2) is 75.1 Å². The summed E-state index contributed by atoms with van der Waals surface area (Å²) in [6, 6.07) is 8.72. The van der Waals surface area contributed by atoms with Gasteiger partial charge in [-0.05, 0) is 36.9 Å². The molecule has 0 saturated carbocycles. The lowest BCUT2D eigenvalue weighted by Gasteiger charge is -2.21. The van der Waals surface area contributed by atoms with E-state index in [1.165, 1.54) is 5.69 Å². The van der Waals surface area contributed by atoms with Crippen LogP contribution in [0.25, 0.3) is 0 Å². The molecule has 0 radical (unpaired) electrons. The highest BCUT2D eigenvalue weighted by Gasteiger charge is 2.23. The standard InChI is InChI=1S/C18H28BrN5OS/c1-23(2)17(25)12-21-18(20-9-11-26-3)22-15-8-10-24(13-15)16-6-4-14(19)5-7-16/h4-7,15H,8-13H2,1-3H3,(H2,20,21,22). The number of rotatable bonds is 7. The smallest absolute Gasteiger partial charge is 0.243 e. The van der Waals surface area contributed by atoms with Crippen molar-refractivity contribution in [2.75, 3.05) is 57.2 Å². The van der Waals surface area contributed by atoms with E-state index in [4.69, 9.17) is 0 Å². The number of likely N-dealkylation sites (N-methyl/N-ethyl adjacent to an activating group) is 1. The Labute approximate surface area is 168 Å². The largest absolute Gasteiger partial charge is 0.369 e. The first-order chi connectivity index (χ1) is 12.5. The summed E-state index contributed by atoms with van der Waals surface area (Å²) in [6.45, 7) is 2.91. The second-order valence-corrected chi connectivity index (χ2v) is 8.33. The lowest BCUT2D eigenvalue weighted by Crippen LogP contribution is -2.45. The highest BCUT2D eigenvalue weighted by Crippen LogP contribution is 2.22. The third kappa shape index (κ3) is 6.72. The van der Waals surface area contributed by atoms with E-state index in [2.05, 4.69) is 67.0 Å². The molecule has 1 aliphatic rings. The van der Waals surface area contributed by atoms with Gasteiger partial charge in [0.15, 0.2) is 5.96 Å². The van der Waals surface area contributed by atoms with Gasteiger partial charge in [0.2, 0.25) is 5.91 Å². The summed E-state index contributed by atoms with van der Waals surface area (Å²) in [7, 11) is 3.50. The van der Waals surface area contributed by atoms with Crippen molar-refractivity contribution in [3.63, 3.8) is 0 Å². The second-order valence-electron chi connectivity index (χ2n) is 6.42. The zero-order valence-corrected chi connectivity index (χ0v) is 18.1. The van der Waals surface area contributed by atoms with Crippen LogP contribution in [0.15, 0.2) is 33.7 Å². The zero-order chi connectivity index (χ0) is 18.9. The summed E-state index contributed by atoms with van der Waals surface area (Å²) in [5, 5.41) is 6.81. The highest BCUT2D eigenvalue weighted by molar-refractivity contribution is 9.10. The lowest BCUT2D eigenvalue weighted by molar-refractivity contribution is -0.127. The van der Waals surface area contributed by atoms with Crippen LogP contribution in [0.2, 0.25) is 0 Å². The summed E-state index contributed by atoms with van der Waals surface area (Å²) in [6.07, 6.45) is 3.12. The molecule has 0 bridgehead atoms. The van der Waals surface area contributed by atoms with Gasteiger partial charge in [-0.15, -0.1) is 0 Å². The molecule has 2 rings (SSSR count). The predicted octanol–water partition coefficient (Wildman–Crippen LogP) is 2.01. The number of hydrogen-bond donors (Lipinski definition) is 2.